The zero-order valence-corrected chi connectivity index (χ0v) is 15.8. The van der Waals surface area contributed by atoms with Crippen LogP contribution in [0.15, 0.2) is 66.4 Å². The van der Waals surface area contributed by atoms with E-state index in [1.165, 1.54) is 0 Å². The van der Waals surface area contributed by atoms with Gasteiger partial charge in [-0.2, -0.15) is 0 Å². The molecule has 1 aliphatic heterocycles. The summed E-state index contributed by atoms with van der Waals surface area (Å²) in [6, 6.07) is 18.6. The smallest absolute Gasteiger partial charge is 0.342 e. The predicted octanol–water partition coefficient (Wildman–Crippen LogP) is 4.35. The third-order valence-electron chi connectivity index (χ3n) is 4.69. The number of carbonyl (C=O) groups is 2. The van der Waals surface area contributed by atoms with Crippen molar-refractivity contribution < 1.29 is 24.2 Å². The Kier molecular flexibility index (Phi) is 4.91. The zero-order valence-electron chi connectivity index (χ0n) is 15.8. The Bertz CT molecular complexity index is 1100. The first-order valence-electron chi connectivity index (χ1n) is 9.25. The largest absolute Gasteiger partial charge is 0.508 e. The lowest BCUT2D eigenvalue weighted by Crippen LogP contribution is -2.10. The fourth-order valence-corrected chi connectivity index (χ4v) is 3.44. The molecular weight excluding hydrogens is 370 g/mol. The number of H-pyrrole nitrogens is 1. The summed E-state index contributed by atoms with van der Waals surface area (Å²) >= 11 is 0. The molecule has 3 aromatic rings. The molecule has 6 nitrogen and oxygen atoms in total. The zero-order chi connectivity index (χ0) is 20.4. The summed E-state index contributed by atoms with van der Waals surface area (Å²) < 4.78 is 10.3. The van der Waals surface area contributed by atoms with Crippen LogP contribution in [0.25, 0.3) is 28.1 Å². The van der Waals surface area contributed by atoms with Crippen molar-refractivity contribution >= 4 is 17.5 Å². The van der Waals surface area contributed by atoms with E-state index in [4.69, 9.17) is 9.47 Å². The monoisotopic (exact) mass is 389 g/mol. The highest BCUT2D eigenvalue weighted by Gasteiger charge is 2.36. The summed E-state index contributed by atoms with van der Waals surface area (Å²) in [7, 11) is 0. The lowest BCUT2D eigenvalue weighted by atomic mass is 9.95. The Hall–Kier alpha value is -3.80. The number of ether oxygens (including phenoxy) is 2. The quantitative estimate of drug-likeness (QED) is 0.633. The molecular formula is C23H19NO5. The highest BCUT2D eigenvalue weighted by atomic mass is 16.5. The topological polar surface area (TPSA) is 88.6 Å². The number of aromatic nitrogens is 1. The van der Waals surface area contributed by atoms with E-state index in [1.54, 1.807) is 6.92 Å². The van der Waals surface area contributed by atoms with Crippen molar-refractivity contribution in [2.75, 3.05) is 13.2 Å². The maximum Gasteiger partial charge on any atom is 0.342 e. The molecule has 0 fully saturated rings. The van der Waals surface area contributed by atoms with Crippen molar-refractivity contribution in [3.8, 4) is 22.5 Å². The number of hydrogen-bond donors (Lipinski definition) is 2. The van der Waals surface area contributed by atoms with Crippen LogP contribution in [-0.2, 0) is 14.3 Å². The van der Waals surface area contributed by atoms with Crippen molar-refractivity contribution in [1.29, 1.82) is 0 Å². The second-order valence-electron chi connectivity index (χ2n) is 6.48. The third-order valence-corrected chi connectivity index (χ3v) is 4.69. The Balaban J connectivity index is 2.07. The van der Waals surface area contributed by atoms with E-state index in [0.29, 0.717) is 11.4 Å². The van der Waals surface area contributed by atoms with Crippen LogP contribution in [0.1, 0.15) is 22.8 Å². The first-order chi connectivity index (χ1) is 14.1. The molecule has 0 aliphatic carbocycles. The molecule has 4 rings (SSSR count). The summed E-state index contributed by atoms with van der Waals surface area (Å²) in [6.45, 7) is 1.66. The number of nitrogens with one attached hydrogen (secondary N) is 1. The minimum atomic E-state index is -0.677. The van der Waals surface area contributed by atoms with E-state index in [2.05, 4.69) is 4.98 Å². The number of hydrogen-bond acceptors (Lipinski definition) is 5. The number of benzene rings is 2. The summed E-state index contributed by atoms with van der Waals surface area (Å²) in [6.07, 6.45) is 0. The highest BCUT2D eigenvalue weighted by molar-refractivity contribution is 6.24. The van der Waals surface area contributed by atoms with Crippen molar-refractivity contribution in [2.45, 2.75) is 6.92 Å². The molecule has 0 atom stereocenters. The highest BCUT2D eigenvalue weighted by Crippen LogP contribution is 2.41. The molecule has 0 spiro atoms. The molecule has 1 aliphatic rings. The standard InChI is InChI=1S/C23H19NO5/c1-2-28-23(27)19-18(17-16(25)13-29-22(17)26)20(14-9-5-3-6-10-14)24-21(19)15-11-7-4-8-12-15/h3-12,24-25H,2,13H2,1H3. The molecule has 146 valence electrons. The van der Waals surface area contributed by atoms with Crippen molar-refractivity contribution in [3.05, 3.63) is 77.5 Å². The second-order valence-corrected chi connectivity index (χ2v) is 6.48. The number of aromatic amines is 1. The molecule has 6 heteroatoms. The molecule has 0 bridgehead atoms. The second kappa shape index (κ2) is 7.67. The van der Waals surface area contributed by atoms with Crippen LogP contribution in [0.4, 0.5) is 0 Å². The van der Waals surface area contributed by atoms with Gasteiger partial charge in [-0.15, -0.1) is 0 Å². The van der Waals surface area contributed by atoms with Crippen molar-refractivity contribution in [1.82, 2.24) is 4.98 Å². The van der Waals surface area contributed by atoms with Gasteiger partial charge in [0, 0.05) is 5.56 Å². The maximum absolute atomic E-state index is 13.0. The molecule has 0 radical (unpaired) electrons. The van der Waals surface area contributed by atoms with E-state index in [-0.39, 0.29) is 35.7 Å². The number of aliphatic hydroxyl groups is 1. The van der Waals surface area contributed by atoms with E-state index in [0.717, 1.165) is 11.1 Å². The van der Waals surface area contributed by atoms with Crippen LogP contribution in [0.3, 0.4) is 0 Å². The molecule has 0 saturated heterocycles. The van der Waals surface area contributed by atoms with Crippen LogP contribution in [0.5, 0.6) is 0 Å². The van der Waals surface area contributed by atoms with Gasteiger partial charge < -0.3 is 19.6 Å². The number of carbonyl (C=O) groups excluding carboxylic acids is 2. The summed E-state index contributed by atoms with van der Waals surface area (Å²) in [5.41, 5.74) is 3.02. The minimum Gasteiger partial charge on any atom is -0.508 e. The maximum atomic E-state index is 13.0. The Morgan fingerprint density at radius 1 is 1.03 bits per heavy atom. The Labute approximate surface area is 167 Å². The van der Waals surface area contributed by atoms with Gasteiger partial charge in [0.15, 0.2) is 0 Å². The van der Waals surface area contributed by atoms with Crippen molar-refractivity contribution in [2.24, 2.45) is 0 Å². The van der Waals surface area contributed by atoms with Gasteiger partial charge in [-0.1, -0.05) is 60.7 Å². The lowest BCUT2D eigenvalue weighted by Gasteiger charge is -2.08. The van der Waals surface area contributed by atoms with Gasteiger partial charge in [0.25, 0.3) is 0 Å². The molecule has 2 aromatic carbocycles. The Morgan fingerprint density at radius 3 is 2.14 bits per heavy atom. The minimum absolute atomic E-state index is 0.0228. The normalized spacial score (nSPS) is 13.5. The van der Waals surface area contributed by atoms with E-state index < -0.39 is 11.9 Å². The van der Waals surface area contributed by atoms with Crippen LogP contribution in [0.2, 0.25) is 0 Å². The molecule has 0 amide bonds. The molecule has 1 aromatic heterocycles. The van der Waals surface area contributed by atoms with Gasteiger partial charge in [0.1, 0.15) is 17.9 Å². The fourth-order valence-electron chi connectivity index (χ4n) is 3.44. The first-order valence-corrected chi connectivity index (χ1v) is 9.25. The van der Waals surface area contributed by atoms with Crippen molar-refractivity contribution in [3.63, 3.8) is 0 Å². The molecule has 0 unspecified atom stereocenters. The summed E-state index contributed by atoms with van der Waals surface area (Å²) in [4.78, 5) is 28.7. The summed E-state index contributed by atoms with van der Waals surface area (Å²) in [5.74, 6) is -1.47. The van der Waals surface area contributed by atoms with Crippen LogP contribution in [-0.4, -0.2) is 35.2 Å². The average Bonchev–Trinajstić information content (AvgIpc) is 3.29. The number of cyclic esters (lactones) is 1. The van der Waals surface area contributed by atoms with E-state index in [1.807, 2.05) is 60.7 Å². The fraction of sp³-hybridized carbons (Fsp3) is 0.130. The predicted molar refractivity (Wildman–Crippen MR) is 108 cm³/mol. The molecule has 2 N–H and O–H groups in total. The number of aliphatic hydroxyl groups excluding tert-OH is 1. The van der Waals surface area contributed by atoms with Crippen LogP contribution in [0, 0.1) is 0 Å². The molecule has 0 saturated carbocycles. The van der Waals surface area contributed by atoms with E-state index >= 15 is 0 Å². The van der Waals surface area contributed by atoms with Gasteiger partial charge in [0.05, 0.1) is 23.6 Å². The van der Waals surface area contributed by atoms with Gasteiger partial charge in [-0.25, -0.2) is 9.59 Å². The summed E-state index contributed by atoms with van der Waals surface area (Å²) in [5, 5.41) is 10.4. The van der Waals surface area contributed by atoms with Gasteiger partial charge in [-0.05, 0) is 18.1 Å². The van der Waals surface area contributed by atoms with Gasteiger partial charge in [0.2, 0.25) is 0 Å². The van der Waals surface area contributed by atoms with Gasteiger partial charge >= 0.3 is 11.9 Å². The molecule has 29 heavy (non-hydrogen) atoms. The third kappa shape index (κ3) is 3.29. The Morgan fingerprint density at radius 2 is 1.62 bits per heavy atom. The average molecular weight is 389 g/mol. The van der Waals surface area contributed by atoms with Crippen LogP contribution < -0.4 is 0 Å². The first kappa shape index (κ1) is 18.6. The van der Waals surface area contributed by atoms with Gasteiger partial charge in [-0.3, -0.25) is 0 Å². The SMILES string of the molecule is CCOC(=O)c1c(-c2ccccc2)[nH]c(-c2ccccc2)c1C1=C(O)COC1=O. The lowest BCUT2D eigenvalue weighted by molar-refractivity contribution is -0.134. The number of rotatable bonds is 5. The molecule has 2 heterocycles. The van der Waals surface area contributed by atoms with E-state index in [9.17, 15) is 14.7 Å². The number of esters is 2. The van der Waals surface area contributed by atoms with Crippen LogP contribution >= 0.6 is 0 Å².